The van der Waals surface area contributed by atoms with Crippen LogP contribution in [0.3, 0.4) is 0 Å². The lowest BCUT2D eigenvalue weighted by Gasteiger charge is -2.10. The smallest absolute Gasteiger partial charge is 0.311 e. The van der Waals surface area contributed by atoms with E-state index in [1.54, 1.807) is 16.4 Å². The van der Waals surface area contributed by atoms with Crippen molar-refractivity contribution in [3.63, 3.8) is 0 Å². The predicted molar refractivity (Wildman–Crippen MR) is 74.3 cm³/mol. The second-order valence-corrected chi connectivity index (χ2v) is 5.85. The first-order valence-electron chi connectivity index (χ1n) is 6.29. The molecule has 0 radical (unpaired) electrons. The van der Waals surface area contributed by atoms with E-state index in [2.05, 4.69) is 15.5 Å². The molecule has 1 fully saturated rings. The van der Waals surface area contributed by atoms with Gasteiger partial charge in [-0.05, 0) is 41.7 Å². The first-order valence-corrected chi connectivity index (χ1v) is 7.51. The average molecular weight is 290 g/mol. The molecule has 0 aliphatic heterocycles. The molecule has 3 rings (SSSR count). The van der Waals surface area contributed by atoms with Crippen molar-refractivity contribution in [1.82, 2.24) is 20.2 Å². The molecule has 1 N–H and O–H groups in total. The first-order chi connectivity index (χ1) is 9.64. The minimum absolute atomic E-state index is 0.328. The molecule has 6 nitrogen and oxygen atoms in total. The molecule has 1 aromatic heterocycles. The molecule has 1 aliphatic carbocycles. The highest BCUT2D eigenvalue weighted by molar-refractivity contribution is 7.98. The molecular formula is C13H14N4O2S. The molecule has 104 valence electrons. The zero-order valence-corrected chi connectivity index (χ0v) is 11.8. The fourth-order valence-corrected chi connectivity index (χ4v) is 2.54. The van der Waals surface area contributed by atoms with E-state index >= 15 is 0 Å². The van der Waals surface area contributed by atoms with Crippen LogP contribution in [0.25, 0.3) is 11.4 Å². The molecule has 0 saturated heterocycles. The summed E-state index contributed by atoms with van der Waals surface area (Å²) in [5.74, 6) is -0.151. The van der Waals surface area contributed by atoms with Crippen molar-refractivity contribution in [2.45, 2.75) is 24.3 Å². The number of carboxylic acids is 1. The van der Waals surface area contributed by atoms with Crippen LogP contribution in [0.2, 0.25) is 0 Å². The SMILES string of the molecule is CSc1ccc(-c2nnnn2CC2(C(=O)O)CC2)cc1. The molecule has 1 aromatic carbocycles. The highest BCUT2D eigenvalue weighted by Gasteiger charge is 2.51. The second kappa shape index (κ2) is 4.90. The molecule has 20 heavy (non-hydrogen) atoms. The Labute approximate surface area is 120 Å². The maximum Gasteiger partial charge on any atom is 0.311 e. The third-order valence-electron chi connectivity index (χ3n) is 3.64. The molecule has 0 unspecified atom stereocenters. The van der Waals surface area contributed by atoms with Crippen LogP contribution in [0.5, 0.6) is 0 Å². The molecule has 1 saturated carbocycles. The van der Waals surface area contributed by atoms with E-state index in [0.717, 1.165) is 10.5 Å². The molecule has 1 heterocycles. The van der Waals surface area contributed by atoms with E-state index in [4.69, 9.17) is 0 Å². The average Bonchev–Trinajstić information content (AvgIpc) is 3.10. The van der Waals surface area contributed by atoms with Crippen LogP contribution in [-0.2, 0) is 11.3 Å². The molecule has 1 aliphatic rings. The van der Waals surface area contributed by atoms with Crippen molar-refractivity contribution in [2.24, 2.45) is 5.41 Å². The Morgan fingerprint density at radius 1 is 1.40 bits per heavy atom. The number of hydrogen-bond donors (Lipinski definition) is 1. The van der Waals surface area contributed by atoms with Gasteiger partial charge in [0.25, 0.3) is 0 Å². The summed E-state index contributed by atoms with van der Waals surface area (Å²) in [4.78, 5) is 12.4. The predicted octanol–water partition coefficient (Wildman–Crippen LogP) is 1.93. The highest BCUT2D eigenvalue weighted by atomic mass is 32.2. The van der Waals surface area contributed by atoms with Gasteiger partial charge < -0.3 is 5.11 Å². The number of carboxylic acid groups (broad SMARTS) is 1. The lowest BCUT2D eigenvalue weighted by atomic mass is 10.1. The summed E-state index contributed by atoms with van der Waals surface area (Å²) >= 11 is 1.67. The Morgan fingerprint density at radius 2 is 2.10 bits per heavy atom. The van der Waals surface area contributed by atoms with Crippen LogP contribution in [0.4, 0.5) is 0 Å². The molecule has 0 amide bonds. The lowest BCUT2D eigenvalue weighted by molar-refractivity contribution is -0.144. The van der Waals surface area contributed by atoms with Gasteiger partial charge in [0.05, 0.1) is 12.0 Å². The Hall–Kier alpha value is -1.89. The summed E-state index contributed by atoms with van der Waals surface area (Å²) in [5.41, 5.74) is 0.220. The molecule has 0 spiro atoms. The second-order valence-electron chi connectivity index (χ2n) is 4.97. The van der Waals surface area contributed by atoms with E-state index in [1.165, 1.54) is 0 Å². The third kappa shape index (κ3) is 2.29. The van der Waals surface area contributed by atoms with Crippen LogP contribution >= 0.6 is 11.8 Å². The summed E-state index contributed by atoms with van der Waals surface area (Å²) in [6, 6.07) is 7.91. The van der Waals surface area contributed by atoms with Gasteiger partial charge in [0.2, 0.25) is 0 Å². The standard InChI is InChI=1S/C13H14N4O2S/c1-20-10-4-2-9(3-5-10)11-14-15-16-17(11)8-13(6-7-13)12(18)19/h2-5H,6-8H2,1H3,(H,18,19). The number of tetrazole rings is 1. The molecular weight excluding hydrogens is 276 g/mol. The summed E-state index contributed by atoms with van der Waals surface area (Å²) in [6.45, 7) is 0.328. The van der Waals surface area contributed by atoms with Gasteiger partial charge in [0.1, 0.15) is 0 Å². The Morgan fingerprint density at radius 3 is 2.65 bits per heavy atom. The Bertz CT molecular complexity index is 634. The number of rotatable bonds is 5. The van der Waals surface area contributed by atoms with Crippen molar-refractivity contribution in [3.8, 4) is 11.4 Å². The Kier molecular flexibility index (Phi) is 3.21. The number of hydrogen-bond acceptors (Lipinski definition) is 5. The largest absolute Gasteiger partial charge is 0.481 e. The van der Waals surface area contributed by atoms with Crippen molar-refractivity contribution in [1.29, 1.82) is 0 Å². The maximum atomic E-state index is 11.3. The van der Waals surface area contributed by atoms with E-state index in [-0.39, 0.29) is 0 Å². The Balaban J connectivity index is 1.88. The number of aromatic nitrogens is 4. The number of nitrogens with zero attached hydrogens (tertiary/aromatic N) is 4. The van der Waals surface area contributed by atoms with Gasteiger partial charge in [-0.15, -0.1) is 16.9 Å². The van der Waals surface area contributed by atoms with E-state index in [0.29, 0.717) is 25.2 Å². The van der Waals surface area contributed by atoms with Crippen LogP contribution in [0, 0.1) is 5.41 Å². The highest BCUT2D eigenvalue weighted by Crippen LogP contribution is 2.47. The van der Waals surface area contributed by atoms with Gasteiger partial charge >= 0.3 is 5.97 Å². The van der Waals surface area contributed by atoms with Gasteiger partial charge in [-0.25, -0.2) is 4.68 Å². The van der Waals surface area contributed by atoms with Gasteiger partial charge in [0, 0.05) is 10.5 Å². The summed E-state index contributed by atoms with van der Waals surface area (Å²) in [6.07, 6.45) is 3.39. The number of benzene rings is 1. The van der Waals surface area contributed by atoms with Gasteiger partial charge in [-0.2, -0.15) is 0 Å². The van der Waals surface area contributed by atoms with Crippen LogP contribution in [0.1, 0.15) is 12.8 Å². The lowest BCUT2D eigenvalue weighted by Crippen LogP contribution is -2.22. The van der Waals surface area contributed by atoms with Crippen molar-refractivity contribution in [2.75, 3.05) is 6.26 Å². The van der Waals surface area contributed by atoms with Crippen molar-refractivity contribution >= 4 is 17.7 Å². The zero-order chi connectivity index (χ0) is 14.2. The van der Waals surface area contributed by atoms with Gasteiger partial charge in [0.15, 0.2) is 5.82 Å². The number of thioether (sulfide) groups is 1. The zero-order valence-electron chi connectivity index (χ0n) is 11.0. The van der Waals surface area contributed by atoms with Crippen molar-refractivity contribution < 1.29 is 9.90 Å². The summed E-state index contributed by atoms with van der Waals surface area (Å²) in [7, 11) is 0. The van der Waals surface area contributed by atoms with Crippen LogP contribution < -0.4 is 0 Å². The van der Waals surface area contributed by atoms with E-state index in [9.17, 15) is 9.90 Å². The normalized spacial score (nSPS) is 16.1. The fourth-order valence-electron chi connectivity index (χ4n) is 2.14. The minimum Gasteiger partial charge on any atom is -0.481 e. The van der Waals surface area contributed by atoms with Crippen LogP contribution in [0.15, 0.2) is 29.2 Å². The quantitative estimate of drug-likeness (QED) is 0.847. The van der Waals surface area contributed by atoms with Gasteiger partial charge in [-0.1, -0.05) is 12.1 Å². The summed E-state index contributed by atoms with van der Waals surface area (Å²) < 4.78 is 1.59. The third-order valence-corrected chi connectivity index (χ3v) is 4.38. The van der Waals surface area contributed by atoms with E-state index < -0.39 is 11.4 Å². The van der Waals surface area contributed by atoms with Crippen molar-refractivity contribution in [3.05, 3.63) is 24.3 Å². The molecule has 0 bridgehead atoms. The minimum atomic E-state index is -0.767. The topological polar surface area (TPSA) is 80.9 Å². The fraction of sp³-hybridized carbons (Fsp3) is 0.385. The summed E-state index contributed by atoms with van der Waals surface area (Å²) in [5, 5.41) is 20.9. The molecule has 7 heteroatoms. The number of aliphatic carboxylic acids is 1. The van der Waals surface area contributed by atoms with Crippen LogP contribution in [-0.4, -0.2) is 37.5 Å². The van der Waals surface area contributed by atoms with Gasteiger partial charge in [-0.3, -0.25) is 4.79 Å². The molecule has 2 aromatic rings. The first kappa shape index (κ1) is 13.1. The molecule has 0 atom stereocenters. The maximum absolute atomic E-state index is 11.3. The monoisotopic (exact) mass is 290 g/mol. The van der Waals surface area contributed by atoms with E-state index in [1.807, 2.05) is 30.5 Å². The number of carbonyl (C=O) groups is 1.